The predicted octanol–water partition coefficient (Wildman–Crippen LogP) is 6.63. The average Bonchev–Trinajstić information content (AvgIpc) is 3.69. The average molecular weight is 543 g/mol. The number of hydrogen-bond acceptors (Lipinski definition) is 5. The number of aryl methyl sites for hydroxylation is 1. The van der Waals surface area contributed by atoms with E-state index in [4.69, 9.17) is 4.74 Å². The van der Waals surface area contributed by atoms with Crippen molar-refractivity contribution in [3.8, 4) is 11.5 Å². The van der Waals surface area contributed by atoms with E-state index in [-0.39, 0.29) is 16.7 Å². The van der Waals surface area contributed by atoms with Gasteiger partial charge in [-0.25, -0.2) is 4.39 Å². The summed E-state index contributed by atoms with van der Waals surface area (Å²) in [6, 6.07) is 8.92. The SMILES string of the molecule is CCc1ccc(OC(F)(F)F)cc1.CSNC(=O)c1cc(C2CC2)c(OCC2(C)CCNCC2)cc1F. The molecule has 37 heavy (non-hydrogen) atoms. The zero-order valence-electron chi connectivity index (χ0n) is 21.3. The number of amides is 1. The number of piperidine rings is 1. The van der Waals surface area contributed by atoms with Crippen molar-refractivity contribution in [2.75, 3.05) is 26.0 Å². The summed E-state index contributed by atoms with van der Waals surface area (Å²) in [4.78, 5) is 12.0. The van der Waals surface area contributed by atoms with Gasteiger partial charge in [0.15, 0.2) is 0 Å². The van der Waals surface area contributed by atoms with Crippen LogP contribution in [-0.2, 0) is 6.42 Å². The largest absolute Gasteiger partial charge is 0.573 e. The van der Waals surface area contributed by atoms with E-state index in [1.807, 2.05) is 6.92 Å². The summed E-state index contributed by atoms with van der Waals surface area (Å²) in [7, 11) is 0. The maximum atomic E-state index is 14.4. The number of halogens is 4. The number of alkyl halides is 3. The van der Waals surface area contributed by atoms with Crippen LogP contribution in [0, 0.1) is 11.2 Å². The Hall–Kier alpha value is -2.46. The van der Waals surface area contributed by atoms with Gasteiger partial charge in [0.25, 0.3) is 5.91 Å². The van der Waals surface area contributed by atoms with Crippen LogP contribution in [0.4, 0.5) is 17.6 Å². The summed E-state index contributed by atoms with van der Waals surface area (Å²) in [5.74, 6) is -0.0856. The Bertz CT molecular complexity index is 1040. The van der Waals surface area contributed by atoms with Crippen LogP contribution < -0.4 is 19.5 Å². The molecular formula is C27H34F4N2O3S. The van der Waals surface area contributed by atoms with Gasteiger partial charge in [0, 0.05) is 17.7 Å². The summed E-state index contributed by atoms with van der Waals surface area (Å²) in [6.07, 6.45) is 2.21. The van der Waals surface area contributed by atoms with Gasteiger partial charge < -0.3 is 14.8 Å². The molecule has 1 aliphatic carbocycles. The molecule has 4 rings (SSSR count). The molecule has 0 atom stereocenters. The molecule has 0 unspecified atom stereocenters. The molecule has 0 radical (unpaired) electrons. The molecule has 2 fully saturated rings. The summed E-state index contributed by atoms with van der Waals surface area (Å²) in [6.45, 7) is 6.74. The van der Waals surface area contributed by atoms with Gasteiger partial charge in [-0.3, -0.25) is 9.52 Å². The van der Waals surface area contributed by atoms with Gasteiger partial charge in [0.1, 0.15) is 17.3 Å². The van der Waals surface area contributed by atoms with Crippen molar-refractivity contribution in [1.82, 2.24) is 10.0 Å². The fourth-order valence-electron chi connectivity index (χ4n) is 4.09. The van der Waals surface area contributed by atoms with Crippen LogP contribution in [0.25, 0.3) is 0 Å². The molecule has 0 aromatic heterocycles. The zero-order valence-corrected chi connectivity index (χ0v) is 22.2. The first-order valence-corrected chi connectivity index (χ1v) is 13.6. The predicted molar refractivity (Wildman–Crippen MR) is 138 cm³/mol. The van der Waals surface area contributed by atoms with Crippen LogP contribution in [0.1, 0.15) is 66.9 Å². The third-order valence-electron chi connectivity index (χ3n) is 6.51. The number of nitrogens with one attached hydrogen (secondary N) is 2. The molecule has 2 aromatic rings. The highest BCUT2D eigenvalue weighted by Crippen LogP contribution is 2.45. The van der Waals surface area contributed by atoms with Crippen molar-refractivity contribution < 1.29 is 31.8 Å². The van der Waals surface area contributed by atoms with Gasteiger partial charge >= 0.3 is 6.36 Å². The minimum atomic E-state index is -4.60. The maximum absolute atomic E-state index is 14.4. The standard InChI is InChI=1S/C18H25FN2O2S.C9H9F3O/c1-18(5-7-20-8-6-18)11-23-16-10-15(19)14(17(22)21-24-2)9-13(16)12-3-4-12;1-2-7-3-5-8(6-4-7)13-9(10,11)12/h9-10,12,20H,3-8,11H2,1-2H3,(H,21,22);3-6H,2H2,1H3. The van der Waals surface area contributed by atoms with E-state index in [1.165, 1.54) is 30.1 Å². The number of rotatable bonds is 8. The van der Waals surface area contributed by atoms with E-state index < -0.39 is 18.1 Å². The number of carbonyl (C=O) groups is 1. The number of carbonyl (C=O) groups excluding carboxylic acids is 1. The zero-order chi connectivity index (χ0) is 27.1. The lowest BCUT2D eigenvalue weighted by Gasteiger charge is -2.34. The highest BCUT2D eigenvalue weighted by Gasteiger charge is 2.32. The smallest absolute Gasteiger partial charge is 0.493 e. The first-order chi connectivity index (χ1) is 17.5. The summed E-state index contributed by atoms with van der Waals surface area (Å²) < 4.78 is 61.8. The Kier molecular flexibility index (Phi) is 10.1. The van der Waals surface area contributed by atoms with Gasteiger partial charge in [-0.05, 0) is 80.4 Å². The fraction of sp³-hybridized carbons (Fsp3) is 0.519. The quantitative estimate of drug-likeness (QED) is 0.290. The van der Waals surface area contributed by atoms with Crippen LogP contribution in [-0.4, -0.2) is 38.2 Å². The topological polar surface area (TPSA) is 59.6 Å². The Balaban J connectivity index is 0.000000248. The number of ether oxygens (including phenoxy) is 2. The third kappa shape index (κ3) is 9.10. The Morgan fingerprint density at radius 1 is 1.16 bits per heavy atom. The minimum Gasteiger partial charge on any atom is -0.493 e. The Labute approximate surface area is 219 Å². The third-order valence-corrected chi connectivity index (χ3v) is 6.90. The molecule has 1 heterocycles. The molecule has 0 spiro atoms. The molecule has 204 valence electrons. The van der Waals surface area contributed by atoms with Crippen molar-refractivity contribution in [3.05, 3.63) is 58.9 Å². The highest BCUT2D eigenvalue weighted by molar-refractivity contribution is 7.97. The van der Waals surface area contributed by atoms with Gasteiger partial charge in [-0.2, -0.15) is 0 Å². The molecular weight excluding hydrogens is 508 g/mol. The molecule has 1 saturated heterocycles. The molecule has 1 aliphatic heterocycles. The molecule has 5 nitrogen and oxygen atoms in total. The van der Waals surface area contributed by atoms with Crippen molar-refractivity contribution in [2.24, 2.45) is 5.41 Å². The van der Waals surface area contributed by atoms with E-state index in [1.54, 1.807) is 24.5 Å². The molecule has 0 bridgehead atoms. The monoisotopic (exact) mass is 542 g/mol. The first kappa shape index (κ1) is 29.1. The molecule has 1 saturated carbocycles. The maximum Gasteiger partial charge on any atom is 0.573 e. The Morgan fingerprint density at radius 3 is 2.35 bits per heavy atom. The fourth-order valence-corrected chi connectivity index (χ4v) is 4.38. The summed E-state index contributed by atoms with van der Waals surface area (Å²) >= 11 is 1.17. The van der Waals surface area contributed by atoms with Crippen LogP contribution in [0.5, 0.6) is 11.5 Å². The second-order valence-electron chi connectivity index (χ2n) is 9.67. The van der Waals surface area contributed by atoms with Gasteiger partial charge in [-0.15, -0.1) is 13.2 Å². The van der Waals surface area contributed by atoms with Gasteiger partial charge in [0.2, 0.25) is 0 Å². The second kappa shape index (κ2) is 12.9. The molecule has 2 N–H and O–H groups in total. The lowest BCUT2D eigenvalue weighted by molar-refractivity contribution is -0.274. The minimum absolute atomic E-state index is 0.103. The van der Waals surface area contributed by atoms with Gasteiger partial charge in [0.05, 0.1) is 12.2 Å². The van der Waals surface area contributed by atoms with Crippen molar-refractivity contribution in [2.45, 2.75) is 58.2 Å². The van der Waals surface area contributed by atoms with Crippen molar-refractivity contribution in [3.63, 3.8) is 0 Å². The van der Waals surface area contributed by atoms with E-state index in [0.29, 0.717) is 18.3 Å². The van der Waals surface area contributed by atoms with Crippen LogP contribution in [0.15, 0.2) is 36.4 Å². The lowest BCUT2D eigenvalue weighted by atomic mass is 9.82. The van der Waals surface area contributed by atoms with Crippen molar-refractivity contribution >= 4 is 17.9 Å². The first-order valence-electron chi connectivity index (χ1n) is 12.4. The lowest BCUT2D eigenvalue weighted by Crippen LogP contribution is -2.38. The molecule has 2 aromatic carbocycles. The summed E-state index contributed by atoms with van der Waals surface area (Å²) in [5, 5.41) is 3.36. The van der Waals surface area contributed by atoms with Gasteiger partial charge in [-0.1, -0.05) is 37.9 Å². The molecule has 1 amide bonds. The van der Waals surface area contributed by atoms with E-state index in [2.05, 4.69) is 21.7 Å². The summed E-state index contributed by atoms with van der Waals surface area (Å²) in [5.41, 5.74) is 2.18. The van der Waals surface area contributed by atoms with E-state index in [0.717, 1.165) is 56.3 Å². The van der Waals surface area contributed by atoms with Crippen LogP contribution in [0.3, 0.4) is 0 Å². The highest BCUT2D eigenvalue weighted by atomic mass is 32.2. The number of hydrogen-bond donors (Lipinski definition) is 2. The van der Waals surface area contributed by atoms with Crippen molar-refractivity contribution in [1.29, 1.82) is 0 Å². The van der Waals surface area contributed by atoms with Crippen LogP contribution >= 0.6 is 11.9 Å². The Morgan fingerprint density at radius 2 is 1.81 bits per heavy atom. The van der Waals surface area contributed by atoms with E-state index >= 15 is 0 Å². The second-order valence-corrected chi connectivity index (χ2v) is 10.3. The normalized spacial score (nSPS) is 16.8. The van der Waals surface area contributed by atoms with Crippen LogP contribution in [0.2, 0.25) is 0 Å². The number of benzene rings is 2. The van der Waals surface area contributed by atoms with E-state index in [9.17, 15) is 22.4 Å². The molecule has 2 aliphatic rings. The molecule has 10 heteroatoms.